The van der Waals surface area contributed by atoms with E-state index in [4.69, 9.17) is 13.8 Å². The van der Waals surface area contributed by atoms with Crippen molar-refractivity contribution < 1.29 is 32.5 Å². The van der Waals surface area contributed by atoms with Gasteiger partial charge < -0.3 is 14.1 Å². The molecular formula is C17H35NO6P+. The molecule has 7 nitrogen and oxygen atoms in total. The van der Waals surface area contributed by atoms with Crippen molar-refractivity contribution in [2.75, 3.05) is 47.5 Å². The molecule has 0 aliphatic rings. The second kappa shape index (κ2) is 12.6. The molecule has 0 rings (SSSR count). The molecule has 1 unspecified atom stereocenters. The van der Waals surface area contributed by atoms with Gasteiger partial charge in [-0.25, -0.2) is 9.36 Å². The highest BCUT2D eigenvalue weighted by Crippen LogP contribution is 2.43. The zero-order valence-corrected chi connectivity index (χ0v) is 17.1. The molecule has 148 valence electrons. The number of phosphoric ester groups is 1. The van der Waals surface area contributed by atoms with E-state index in [1.165, 1.54) is 0 Å². The first-order valence-corrected chi connectivity index (χ1v) is 10.3. The van der Waals surface area contributed by atoms with Crippen LogP contribution in [0.3, 0.4) is 0 Å². The van der Waals surface area contributed by atoms with Gasteiger partial charge in [0.1, 0.15) is 0 Å². The Balaban J connectivity index is 3.55. The third-order valence-electron chi connectivity index (χ3n) is 3.35. The third kappa shape index (κ3) is 16.5. The van der Waals surface area contributed by atoms with Crippen molar-refractivity contribution in [3.05, 3.63) is 12.2 Å². The summed E-state index contributed by atoms with van der Waals surface area (Å²) in [5.74, 6) is -0.372. The first-order valence-electron chi connectivity index (χ1n) is 8.78. The summed E-state index contributed by atoms with van der Waals surface area (Å²) in [6.45, 7) is 6.87. The van der Waals surface area contributed by atoms with Crippen LogP contribution in [0, 0.1) is 0 Å². The number of ether oxygens (including phenoxy) is 1. The van der Waals surface area contributed by atoms with Gasteiger partial charge in [-0.2, -0.15) is 0 Å². The predicted molar refractivity (Wildman–Crippen MR) is 98.1 cm³/mol. The number of carbonyl (C=O) groups excluding carboxylic acids is 1. The second-order valence-electron chi connectivity index (χ2n) is 7.19. The number of phosphoric acid groups is 1. The number of unbranched alkanes of at least 4 members (excludes halogenated alkanes) is 4. The van der Waals surface area contributed by atoms with Crippen LogP contribution in [-0.4, -0.2) is 62.9 Å². The van der Waals surface area contributed by atoms with Gasteiger partial charge in [0.25, 0.3) is 0 Å². The molecule has 0 heterocycles. The highest BCUT2D eigenvalue weighted by atomic mass is 31.2. The molecular weight excluding hydrogens is 345 g/mol. The average Bonchev–Trinajstić information content (AvgIpc) is 2.47. The Labute approximate surface area is 152 Å². The Morgan fingerprint density at radius 1 is 0.960 bits per heavy atom. The molecule has 0 radical (unpaired) electrons. The second-order valence-corrected chi connectivity index (χ2v) is 8.64. The molecule has 0 amide bonds. The normalized spacial score (nSPS) is 14.1. The molecule has 0 aromatic rings. The number of nitrogens with zero attached hydrogens (tertiary/aromatic N) is 1. The van der Waals surface area contributed by atoms with Crippen molar-refractivity contribution in [2.45, 2.75) is 45.4 Å². The largest absolute Gasteiger partial charge is 0.472 e. The minimum atomic E-state index is -3.94. The first-order chi connectivity index (χ1) is 11.5. The molecule has 0 spiro atoms. The SMILES string of the molecule is C=C(C)C(=O)OCCCCCCOP(=O)(O)OCCCC[N+](C)(C)C. The van der Waals surface area contributed by atoms with Crippen LogP contribution < -0.4 is 0 Å². The zero-order valence-electron chi connectivity index (χ0n) is 16.2. The number of rotatable bonds is 15. The van der Waals surface area contributed by atoms with E-state index in [-0.39, 0.29) is 19.2 Å². The standard InChI is InChI=1S/C17H34NO6P/c1-16(2)17(19)22-13-9-6-7-10-14-23-25(20,21)24-15-11-8-12-18(3,4)5/h1,6-15H2,2-5H3/p+1. The quantitative estimate of drug-likeness (QED) is 0.154. The van der Waals surface area contributed by atoms with E-state index in [0.29, 0.717) is 18.6 Å². The van der Waals surface area contributed by atoms with Crippen LogP contribution in [0.1, 0.15) is 45.4 Å². The van der Waals surface area contributed by atoms with Crippen LogP contribution >= 0.6 is 7.82 Å². The minimum absolute atomic E-state index is 0.179. The van der Waals surface area contributed by atoms with Gasteiger partial charge in [0, 0.05) is 5.57 Å². The summed E-state index contributed by atoms with van der Waals surface area (Å²) < 4.78 is 27.4. The van der Waals surface area contributed by atoms with E-state index in [9.17, 15) is 14.3 Å². The smallest absolute Gasteiger partial charge is 0.462 e. The fourth-order valence-electron chi connectivity index (χ4n) is 1.93. The lowest BCUT2D eigenvalue weighted by atomic mass is 10.2. The van der Waals surface area contributed by atoms with Gasteiger partial charge in [-0.15, -0.1) is 0 Å². The van der Waals surface area contributed by atoms with Crippen molar-refractivity contribution in [1.82, 2.24) is 0 Å². The van der Waals surface area contributed by atoms with Crippen molar-refractivity contribution >= 4 is 13.8 Å². The summed E-state index contributed by atoms with van der Waals surface area (Å²) in [5.41, 5.74) is 0.393. The van der Waals surface area contributed by atoms with Crippen molar-refractivity contribution in [3.63, 3.8) is 0 Å². The predicted octanol–water partition coefficient (Wildman–Crippen LogP) is 3.29. The van der Waals surface area contributed by atoms with Crippen LogP contribution in [0.4, 0.5) is 0 Å². The van der Waals surface area contributed by atoms with Crippen LogP contribution in [0.15, 0.2) is 12.2 Å². The van der Waals surface area contributed by atoms with E-state index in [1.54, 1.807) is 6.92 Å². The summed E-state index contributed by atoms with van der Waals surface area (Å²) in [4.78, 5) is 20.7. The maximum atomic E-state index is 11.7. The topological polar surface area (TPSA) is 82.1 Å². The minimum Gasteiger partial charge on any atom is -0.462 e. The third-order valence-corrected chi connectivity index (χ3v) is 4.37. The summed E-state index contributed by atoms with van der Waals surface area (Å²) in [6, 6.07) is 0. The molecule has 0 aliphatic carbocycles. The summed E-state index contributed by atoms with van der Waals surface area (Å²) in [6.07, 6.45) is 4.75. The molecule has 0 aliphatic heterocycles. The van der Waals surface area contributed by atoms with Crippen molar-refractivity contribution in [1.29, 1.82) is 0 Å². The number of carbonyl (C=O) groups is 1. The van der Waals surface area contributed by atoms with Gasteiger partial charge in [0.2, 0.25) is 0 Å². The van der Waals surface area contributed by atoms with E-state index in [2.05, 4.69) is 27.7 Å². The van der Waals surface area contributed by atoms with E-state index >= 15 is 0 Å². The van der Waals surface area contributed by atoms with Gasteiger partial charge in [-0.3, -0.25) is 9.05 Å². The molecule has 8 heteroatoms. The van der Waals surface area contributed by atoms with Gasteiger partial charge >= 0.3 is 13.8 Å². The number of esters is 1. The lowest BCUT2D eigenvalue weighted by Crippen LogP contribution is -2.35. The summed E-state index contributed by atoms with van der Waals surface area (Å²) >= 11 is 0. The monoisotopic (exact) mass is 380 g/mol. The van der Waals surface area contributed by atoms with Crippen molar-refractivity contribution in [3.8, 4) is 0 Å². The van der Waals surface area contributed by atoms with Crippen LogP contribution in [0.25, 0.3) is 0 Å². The molecule has 1 atom stereocenters. The number of quaternary nitrogens is 1. The fourth-order valence-corrected chi connectivity index (χ4v) is 2.73. The molecule has 1 N–H and O–H groups in total. The van der Waals surface area contributed by atoms with Gasteiger partial charge in [0.15, 0.2) is 0 Å². The summed E-state index contributed by atoms with van der Waals surface area (Å²) in [5, 5.41) is 0. The number of hydrogen-bond donors (Lipinski definition) is 1. The molecule has 0 saturated heterocycles. The summed E-state index contributed by atoms with van der Waals surface area (Å²) in [7, 11) is 2.36. The van der Waals surface area contributed by atoms with E-state index in [1.807, 2.05) is 0 Å². The van der Waals surface area contributed by atoms with Crippen LogP contribution in [0.2, 0.25) is 0 Å². The van der Waals surface area contributed by atoms with Crippen molar-refractivity contribution in [2.24, 2.45) is 0 Å². The first kappa shape index (κ1) is 24.3. The highest BCUT2D eigenvalue weighted by molar-refractivity contribution is 7.47. The number of hydrogen-bond acceptors (Lipinski definition) is 5. The van der Waals surface area contributed by atoms with E-state index in [0.717, 1.165) is 43.1 Å². The van der Waals surface area contributed by atoms with Crippen LogP contribution in [-0.2, 0) is 23.1 Å². The van der Waals surface area contributed by atoms with Crippen LogP contribution in [0.5, 0.6) is 0 Å². The molecule has 0 fully saturated rings. The Bertz CT molecular complexity index is 447. The maximum Gasteiger partial charge on any atom is 0.472 e. The Hall–Kier alpha value is -0.720. The molecule has 25 heavy (non-hydrogen) atoms. The van der Waals surface area contributed by atoms with E-state index < -0.39 is 7.82 Å². The molecule has 0 aromatic carbocycles. The van der Waals surface area contributed by atoms with Gasteiger partial charge in [-0.1, -0.05) is 13.0 Å². The Morgan fingerprint density at radius 2 is 1.44 bits per heavy atom. The molecule has 0 bridgehead atoms. The molecule has 0 saturated carbocycles. The average molecular weight is 380 g/mol. The zero-order chi connectivity index (χ0) is 19.3. The maximum absolute atomic E-state index is 11.7. The highest BCUT2D eigenvalue weighted by Gasteiger charge is 2.20. The molecule has 0 aromatic heterocycles. The van der Waals surface area contributed by atoms with Gasteiger partial charge in [0.05, 0.1) is 47.5 Å². The fraction of sp³-hybridized carbons (Fsp3) is 0.824. The van der Waals surface area contributed by atoms with Gasteiger partial charge in [-0.05, 0) is 39.0 Å². The Morgan fingerprint density at radius 3 is 1.92 bits per heavy atom. The lowest BCUT2D eigenvalue weighted by molar-refractivity contribution is -0.870. The lowest BCUT2D eigenvalue weighted by Gasteiger charge is -2.23. The Kier molecular flexibility index (Phi) is 12.2.